The standard InChI is InChI=1S/C10H8BClN2/c12-11-13-8-5-1-3-7-4-2-6-9(14-11)10(7)8/h1-6,13-14H. The zero-order valence-corrected chi connectivity index (χ0v) is 8.18. The number of anilines is 2. The molecule has 2 nitrogen and oxygen atoms in total. The molecule has 68 valence electrons. The van der Waals surface area contributed by atoms with Crippen molar-refractivity contribution in [3.63, 3.8) is 0 Å². The van der Waals surface area contributed by atoms with E-state index in [1.165, 1.54) is 10.8 Å². The summed E-state index contributed by atoms with van der Waals surface area (Å²) in [5.74, 6) is 0. The van der Waals surface area contributed by atoms with Crippen molar-refractivity contribution in [2.45, 2.75) is 0 Å². The second-order valence-electron chi connectivity index (χ2n) is 3.36. The third-order valence-electron chi connectivity index (χ3n) is 2.47. The van der Waals surface area contributed by atoms with Crippen molar-refractivity contribution in [1.82, 2.24) is 0 Å². The van der Waals surface area contributed by atoms with Crippen molar-refractivity contribution in [2.24, 2.45) is 0 Å². The predicted molar refractivity (Wildman–Crippen MR) is 62.8 cm³/mol. The highest BCUT2D eigenvalue weighted by molar-refractivity contribution is 7.10. The normalized spacial score (nSPS) is 13.6. The second kappa shape index (κ2) is 2.82. The molecule has 1 heterocycles. The molecule has 0 aliphatic carbocycles. The molecule has 1 aliphatic heterocycles. The first kappa shape index (κ1) is 8.00. The zero-order chi connectivity index (χ0) is 9.54. The van der Waals surface area contributed by atoms with Gasteiger partial charge in [-0.3, -0.25) is 0 Å². The summed E-state index contributed by atoms with van der Waals surface area (Å²) in [6.07, 6.45) is -0.226. The van der Waals surface area contributed by atoms with Gasteiger partial charge in [-0.25, -0.2) is 0 Å². The van der Waals surface area contributed by atoms with Crippen LogP contribution in [0.2, 0.25) is 0 Å². The third kappa shape index (κ3) is 1.06. The van der Waals surface area contributed by atoms with Crippen molar-refractivity contribution in [3.05, 3.63) is 36.4 Å². The highest BCUT2D eigenvalue weighted by Gasteiger charge is 2.20. The molecular formula is C10H8BClN2. The number of hydrogen-bond acceptors (Lipinski definition) is 2. The average Bonchev–Trinajstić information content (AvgIpc) is 2.18. The molecule has 0 spiro atoms. The molecule has 0 saturated carbocycles. The molecule has 2 N–H and O–H groups in total. The van der Waals surface area contributed by atoms with Crippen LogP contribution in [0.4, 0.5) is 11.4 Å². The first-order chi connectivity index (χ1) is 6.84. The van der Waals surface area contributed by atoms with Gasteiger partial charge in [-0.15, -0.1) is 11.5 Å². The molecule has 0 fully saturated rings. The molecule has 2 aromatic rings. The number of nitrogens with one attached hydrogen (secondary N) is 2. The lowest BCUT2D eigenvalue weighted by molar-refractivity contribution is 1.63. The molecule has 0 aromatic heterocycles. The maximum atomic E-state index is 6.01. The van der Waals surface area contributed by atoms with E-state index in [0.29, 0.717) is 0 Å². The van der Waals surface area contributed by atoms with Crippen LogP contribution in [0.1, 0.15) is 0 Å². The van der Waals surface area contributed by atoms with Gasteiger partial charge in [0.25, 0.3) is 0 Å². The van der Waals surface area contributed by atoms with E-state index in [-0.39, 0.29) is 6.40 Å². The smallest absolute Gasteiger partial charge is 0.395 e. The molecule has 0 bridgehead atoms. The van der Waals surface area contributed by atoms with Crippen molar-refractivity contribution in [3.8, 4) is 0 Å². The van der Waals surface area contributed by atoms with Gasteiger partial charge in [-0.1, -0.05) is 24.3 Å². The molecular weight excluding hydrogens is 194 g/mol. The van der Waals surface area contributed by atoms with Gasteiger partial charge in [0, 0.05) is 16.8 Å². The zero-order valence-electron chi connectivity index (χ0n) is 7.42. The Hall–Kier alpha value is -1.35. The van der Waals surface area contributed by atoms with Gasteiger partial charge < -0.3 is 10.5 Å². The van der Waals surface area contributed by atoms with E-state index >= 15 is 0 Å². The van der Waals surface area contributed by atoms with Crippen LogP contribution in [-0.2, 0) is 0 Å². The summed E-state index contributed by atoms with van der Waals surface area (Å²) in [5.41, 5.74) is 2.19. The van der Waals surface area contributed by atoms with Gasteiger partial charge in [-0.05, 0) is 17.5 Å². The Labute approximate surface area is 87.3 Å². The van der Waals surface area contributed by atoms with E-state index in [0.717, 1.165) is 11.4 Å². The summed E-state index contributed by atoms with van der Waals surface area (Å²) in [7, 11) is 0. The van der Waals surface area contributed by atoms with E-state index in [4.69, 9.17) is 11.5 Å². The first-order valence-electron chi connectivity index (χ1n) is 4.53. The Morgan fingerprint density at radius 3 is 2.07 bits per heavy atom. The monoisotopic (exact) mass is 202 g/mol. The molecule has 0 atom stereocenters. The van der Waals surface area contributed by atoms with Gasteiger partial charge in [0.05, 0.1) is 0 Å². The van der Waals surface area contributed by atoms with E-state index in [9.17, 15) is 0 Å². The topological polar surface area (TPSA) is 24.1 Å². The highest BCUT2D eigenvalue weighted by Crippen LogP contribution is 2.34. The number of rotatable bonds is 0. The Kier molecular flexibility index (Phi) is 1.61. The minimum absolute atomic E-state index is 0.226. The van der Waals surface area contributed by atoms with E-state index in [1.807, 2.05) is 24.3 Å². The minimum Gasteiger partial charge on any atom is -0.395 e. The van der Waals surface area contributed by atoms with Gasteiger partial charge in [0.15, 0.2) is 0 Å². The van der Waals surface area contributed by atoms with Gasteiger partial charge in [0.2, 0.25) is 0 Å². The molecule has 0 radical (unpaired) electrons. The van der Waals surface area contributed by atoms with Gasteiger partial charge >= 0.3 is 6.40 Å². The summed E-state index contributed by atoms with van der Waals surface area (Å²) in [5, 5.41) is 8.80. The number of halogens is 1. The van der Waals surface area contributed by atoms with Crippen molar-refractivity contribution in [2.75, 3.05) is 10.5 Å². The molecule has 1 aliphatic rings. The van der Waals surface area contributed by atoms with Crippen molar-refractivity contribution < 1.29 is 0 Å². The first-order valence-corrected chi connectivity index (χ1v) is 4.97. The van der Waals surface area contributed by atoms with E-state index < -0.39 is 0 Å². The number of hydrogen-bond donors (Lipinski definition) is 2. The van der Waals surface area contributed by atoms with Gasteiger partial charge in [0.1, 0.15) is 0 Å². The largest absolute Gasteiger partial charge is 0.480 e. The fraction of sp³-hybridized carbons (Fsp3) is 0. The predicted octanol–water partition coefficient (Wildman–Crippen LogP) is 2.90. The van der Waals surface area contributed by atoms with Crippen LogP contribution in [0.25, 0.3) is 10.8 Å². The Bertz CT molecular complexity index is 460. The summed E-state index contributed by atoms with van der Waals surface area (Å²) < 4.78 is 0. The van der Waals surface area contributed by atoms with Crippen LogP contribution in [0.3, 0.4) is 0 Å². The SMILES string of the molecule is ClB1Nc2cccc3cccc(c23)N1. The average molecular weight is 202 g/mol. The Balaban J connectivity index is 2.40. The lowest BCUT2D eigenvalue weighted by atomic mass is 9.97. The summed E-state index contributed by atoms with van der Waals surface area (Å²) in [4.78, 5) is 0. The lowest BCUT2D eigenvalue weighted by Gasteiger charge is -2.22. The molecule has 0 saturated heterocycles. The van der Waals surface area contributed by atoms with Crippen LogP contribution >= 0.6 is 11.5 Å². The quantitative estimate of drug-likeness (QED) is 0.642. The van der Waals surface area contributed by atoms with Crippen molar-refractivity contribution >= 4 is 40.0 Å². The van der Waals surface area contributed by atoms with E-state index in [1.54, 1.807) is 0 Å². The molecule has 3 rings (SSSR count). The van der Waals surface area contributed by atoms with Crippen molar-refractivity contribution in [1.29, 1.82) is 0 Å². The molecule has 0 unspecified atom stereocenters. The summed E-state index contributed by atoms with van der Waals surface area (Å²) in [6.45, 7) is 0. The van der Waals surface area contributed by atoms with Crippen LogP contribution in [0.5, 0.6) is 0 Å². The third-order valence-corrected chi connectivity index (χ3v) is 2.69. The number of benzene rings is 2. The molecule has 0 amide bonds. The summed E-state index contributed by atoms with van der Waals surface area (Å²) >= 11 is 6.01. The van der Waals surface area contributed by atoms with Crippen LogP contribution < -0.4 is 10.5 Å². The highest BCUT2D eigenvalue weighted by atomic mass is 35.5. The molecule has 2 aromatic carbocycles. The van der Waals surface area contributed by atoms with Gasteiger partial charge in [-0.2, -0.15) is 0 Å². The Morgan fingerprint density at radius 1 is 0.929 bits per heavy atom. The molecule has 4 heteroatoms. The van der Waals surface area contributed by atoms with Crippen LogP contribution in [0.15, 0.2) is 36.4 Å². The maximum absolute atomic E-state index is 6.01. The Morgan fingerprint density at radius 2 is 1.50 bits per heavy atom. The fourth-order valence-electron chi connectivity index (χ4n) is 1.89. The van der Waals surface area contributed by atoms with Crippen LogP contribution in [0, 0.1) is 0 Å². The second-order valence-corrected chi connectivity index (χ2v) is 3.80. The minimum atomic E-state index is -0.226. The fourth-order valence-corrected chi connectivity index (χ4v) is 2.13. The molecule has 14 heavy (non-hydrogen) atoms. The van der Waals surface area contributed by atoms with Crippen LogP contribution in [-0.4, -0.2) is 6.40 Å². The lowest BCUT2D eigenvalue weighted by Crippen LogP contribution is -2.31. The maximum Gasteiger partial charge on any atom is 0.480 e. The summed E-state index contributed by atoms with van der Waals surface area (Å²) in [6, 6.07) is 12.3. The van der Waals surface area contributed by atoms with E-state index in [2.05, 4.69) is 22.6 Å².